The highest BCUT2D eigenvalue weighted by atomic mass is 32.2. The molecule has 2 aromatic rings. The number of hydrogen-bond donors (Lipinski definition) is 1. The summed E-state index contributed by atoms with van der Waals surface area (Å²) >= 11 is 1.17. The van der Waals surface area contributed by atoms with Crippen molar-refractivity contribution in [1.29, 1.82) is 0 Å². The smallest absolute Gasteiger partial charge is 0.277 e. The molecule has 1 aromatic heterocycles. The van der Waals surface area contributed by atoms with Crippen molar-refractivity contribution in [3.63, 3.8) is 0 Å². The number of thioether (sulfide) groups is 1. The average molecular weight is 309 g/mol. The minimum Gasteiger partial charge on any atom is -0.411 e. The summed E-state index contributed by atoms with van der Waals surface area (Å²) in [7, 11) is 0. The Kier molecular flexibility index (Phi) is 5.32. The zero-order chi connectivity index (χ0) is 15.2. The second-order valence-corrected chi connectivity index (χ2v) is 5.47. The fourth-order valence-corrected chi connectivity index (χ4v) is 2.10. The first kappa shape index (κ1) is 15.5. The summed E-state index contributed by atoms with van der Waals surface area (Å²) in [5, 5.41) is 10.9. The number of halogens is 1. The van der Waals surface area contributed by atoms with Gasteiger partial charge < -0.3 is 9.73 Å². The summed E-state index contributed by atoms with van der Waals surface area (Å²) in [5.41, 5.74) is 0.639. The number of hydrogen-bond acceptors (Lipinski definition) is 5. The number of carbonyl (C=O) groups excluding carboxylic acids is 1. The van der Waals surface area contributed by atoms with Crippen molar-refractivity contribution in [2.24, 2.45) is 0 Å². The topological polar surface area (TPSA) is 68.0 Å². The summed E-state index contributed by atoms with van der Waals surface area (Å²) in [5.74, 6) is 0.125. The van der Waals surface area contributed by atoms with Crippen LogP contribution in [-0.4, -0.2) is 27.9 Å². The quantitative estimate of drug-likeness (QED) is 0.831. The van der Waals surface area contributed by atoms with E-state index in [9.17, 15) is 9.18 Å². The van der Waals surface area contributed by atoms with Crippen LogP contribution in [0.5, 0.6) is 0 Å². The lowest BCUT2D eigenvalue weighted by Gasteiger charge is -2.09. The van der Waals surface area contributed by atoms with E-state index in [1.54, 1.807) is 12.1 Å². The molecule has 1 aromatic carbocycles. The molecule has 112 valence electrons. The van der Waals surface area contributed by atoms with Crippen LogP contribution in [0.4, 0.5) is 4.39 Å². The van der Waals surface area contributed by atoms with Crippen molar-refractivity contribution in [2.75, 3.05) is 5.75 Å². The number of rotatable bonds is 6. The molecule has 0 aliphatic carbocycles. The van der Waals surface area contributed by atoms with Gasteiger partial charge in [-0.2, -0.15) is 0 Å². The molecule has 21 heavy (non-hydrogen) atoms. The highest BCUT2D eigenvalue weighted by Gasteiger charge is 2.12. The molecular weight excluding hydrogens is 293 g/mol. The van der Waals surface area contributed by atoms with Gasteiger partial charge in [-0.3, -0.25) is 4.79 Å². The fraction of sp³-hybridized carbons (Fsp3) is 0.357. The van der Waals surface area contributed by atoms with E-state index >= 15 is 0 Å². The van der Waals surface area contributed by atoms with Gasteiger partial charge in [0.2, 0.25) is 11.8 Å². The molecule has 1 unspecified atom stereocenters. The van der Waals surface area contributed by atoms with Crippen LogP contribution in [0.1, 0.15) is 20.3 Å². The van der Waals surface area contributed by atoms with E-state index in [4.69, 9.17) is 4.42 Å². The van der Waals surface area contributed by atoms with Gasteiger partial charge in [0.1, 0.15) is 5.82 Å². The van der Waals surface area contributed by atoms with E-state index in [1.807, 2.05) is 13.8 Å². The van der Waals surface area contributed by atoms with Gasteiger partial charge in [-0.1, -0.05) is 18.7 Å². The van der Waals surface area contributed by atoms with Crippen LogP contribution in [0.3, 0.4) is 0 Å². The van der Waals surface area contributed by atoms with Crippen LogP contribution in [0.15, 0.2) is 33.9 Å². The van der Waals surface area contributed by atoms with Gasteiger partial charge in [-0.25, -0.2) is 4.39 Å². The minimum atomic E-state index is -0.324. The average Bonchev–Trinajstić information content (AvgIpc) is 2.94. The molecule has 1 amide bonds. The third-order valence-electron chi connectivity index (χ3n) is 2.84. The summed E-state index contributed by atoms with van der Waals surface area (Å²) in [6.45, 7) is 3.95. The summed E-state index contributed by atoms with van der Waals surface area (Å²) < 4.78 is 18.3. The Morgan fingerprint density at radius 2 is 2.10 bits per heavy atom. The Morgan fingerprint density at radius 3 is 2.76 bits per heavy atom. The maximum Gasteiger partial charge on any atom is 0.277 e. The number of carbonyl (C=O) groups is 1. The number of benzene rings is 1. The SMILES string of the molecule is CCC(C)NC(=O)CSc1nnc(-c2ccc(F)cc2)o1. The maximum atomic E-state index is 12.8. The molecule has 0 spiro atoms. The van der Waals surface area contributed by atoms with Gasteiger partial charge in [-0.05, 0) is 37.6 Å². The monoisotopic (exact) mass is 309 g/mol. The maximum absolute atomic E-state index is 12.8. The van der Waals surface area contributed by atoms with Crippen LogP contribution in [0.2, 0.25) is 0 Å². The van der Waals surface area contributed by atoms with Gasteiger partial charge in [0, 0.05) is 11.6 Å². The first-order valence-corrected chi connectivity index (χ1v) is 7.58. The highest BCUT2D eigenvalue weighted by Crippen LogP contribution is 2.23. The first-order chi connectivity index (χ1) is 10.1. The second kappa shape index (κ2) is 7.21. The van der Waals surface area contributed by atoms with E-state index < -0.39 is 0 Å². The summed E-state index contributed by atoms with van der Waals surface area (Å²) in [6, 6.07) is 5.92. The molecule has 0 aliphatic heterocycles. The van der Waals surface area contributed by atoms with Gasteiger partial charge >= 0.3 is 0 Å². The predicted molar refractivity (Wildman–Crippen MR) is 78.3 cm³/mol. The molecule has 5 nitrogen and oxygen atoms in total. The van der Waals surface area contributed by atoms with Gasteiger partial charge in [-0.15, -0.1) is 10.2 Å². The lowest BCUT2D eigenvalue weighted by Crippen LogP contribution is -2.33. The molecule has 0 radical (unpaired) electrons. The molecule has 1 heterocycles. The first-order valence-electron chi connectivity index (χ1n) is 6.60. The summed E-state index contributed by atoms with van der Waals surface area (Å²) in [6.07, 6.45) is 0.881. The molecule has 0 fully saturated rings. The fourth-order valence-electron chi connectivity index (χ4n) is 1.52. The van der Waals surface area contributed by atoms with Crippen molar-refractivity contribution in [3.05, 3.63) is 30.1 Å². The molecule has 1 atom stereocenters. The molecule has 0 bridgehead atoms. The number of nitrogens with zero attached hydrogens (tertiary/aromatic N) is 2. The molecule has 7 heteroatoms. The molecular formula is C14H16FN3O2S. The molecule has 0 saturated heterocycles. The minimum absolute atomic E-state index is 0.0733. The standard InChI is InChI=1S/C14H16FN3O2S/c1-3-9(2)16-12(19)8-21-14-18-17-13(20-14)10-4-6-11(15)7-5-10/h4-7,9H,3,8H2,1-2H3,(H,16,19). The predicted octanol–water partition coefficient (Wildman–Crippen LogP) is 2.88. The summed E-state index contributed by atoms with van der Waals surface area (Å²) in [4.78, 5) is 11.6. The van der Waals surface area contributed by atoms with E-state index in [0.29, 0.717) is 16.7 Å². The van der Waals surface area contributed by atoms with Crippen LogP contribution < -0.4 is 5.32 Å². The van der Waals surface area contributed by atoms with E-state index in [2.05, 4.69) is 15.5 Å². The Morgan fingerprint density at radius 1 is 1.38 bits per heavy atom. The molecule has 1 N–H and O–H groups in total. The van der Waals surface area contributed by atoms with Gasteiger partial charge in [0.15, 0.2) is 0 Å². The van der Waals surface area contributed by atoms with Crippen LogP contribution in [-0.2, 0) is 4.79 Å². The van der Waals surface area contributed by atoms with Crippen LogP contribution >= 0.6 is 11.8 Å². The zero-order valence-corrected chi connectivity index (χ0v) is 12.6. The van der Waals surface area contributed by atoms with Gasteiger partial charge in [0.25, 0.3) is 5.22 Å². The lowest BCUT2D eigenvalue weighted by atomic mass is 10.2. The second-order valence-electron chi connectivity index (χ2n) is 4.55. The lowest BCUT2D eigenvalue weighted by molar-refractivity contribution is -0.119. The number of nitrogens with one attached hydrogen (secondary N) is 1. The Hall–Kier alpha value is -1.89. The Labute approximate surface area is 126 Å². The zero-order valence-electron chi connectivity index (χ0n) is 11.8. The highest BCUT2D eigenvalue weighted by molar-refractivity contribution is 7.99. The van der Waals surface area contributed by atoms with E-state index in [-0.39, 0.29) is 23.5 Å². The largest absolute Gasteiger partial charge is 0.411 e. The van der Waals surface area contributed by atoms with E-state index in [1.165, 1.54) is 23.9 Å². The third kappa shape index (κ3) is 4.56. The van der Waals surface area contributed by atoms with Crippen molar-refractivity contribution >= 4 is 17.7 Å². The Bertz CT molecular complexity index is 601. The number of aromatic nitrogens is 2. The van der Waals surface area contributed by atoms with Gasteiger partial charge in [0.05, 0.1) is 5.75 Å². The van der Waals surface area contributed by atoms with E-state index in [0.717, 1.165) is 6.42 Å². The normalized spacial score (nSPS) is 12.1. The van der Waals surface area contributed by atoms with Crippen molar-refractivity contribution in [3.8, 4) is 11.5 Å². The van der Waals surface area contributed by atoms with Crippen LogP contribution in [0, 0.1) is 5.82 Å². The molecule has 0 aliphatic rings. The Balaban J connectivity index is 1.91. The molecule has 2 rings (SSSR count). The number of amides is 1. The van der Waals surface area contributed by atoms with Crippen molar-refractivity contribution in [2.45, 2.75) is 31.5 Å². The van der Waals surface area contributed by atoms with Crippen LogP contribution in [0.25, 0.3) is 11.5 Å². The van der Waals surface area contributed by atoms with Crippen molar-refractivity contribution in [1.82, 2.24) is 15.5 Å². The van der Waals surface area contributed by atoms with Crippen molar-refractivity contribution < 1.29 is 13.6 Å². The molecule has 0 saturated carbocycles. The third-order valence-corrected chi connectivity index (χ3v) is 3.66.